The lowest BCUT2D eigenvalue weighted by Gasteiger charge is -2.29. The predicted molar refractivity (Wildman–Crippen MR) is 432 cm³/mol. The van der Waals surface area contributed by atoms with E-state index in [4.69, 9.17) is 32.5 Å². The number of hydrogen-bond acceptors (Lipinski definition) is 22. The van der Waals surface area contributed by atoms with Gasteiger partial charge in [0.05, 0.1) is 25.4 Å². The number of imidazole rings is 1. The van der Waals surface area contributed by atoms with Gasteiger partial charge in [0.25, 0.3) is 5.97 Å². The van der Waals surface area contributed by atoms with Gasteiger partial charge in [-0.1, -0.05) is 92.1 Å². The molecule has 0 bridgehead atoms. The van der Waals surface area contributed by atoms with Crippen LogP contribution in [0.2, 0.25) is 0 Å². The third-order valence-corrected chi connectivity index (χ3v) is 20.9. The van der Waals surface area contributed by atoms with Crippen molar-refractivity contribution in [3.05, 3.63) is 90.3 Å². The summed E-state index contributed by atoms with van der Waals surface area (Å²) in [5.41, 5.74) is 19.2. The van der Waals surface area contributed by atoms with Gasteiger partial charge < -0.3 is 121 Å². The number of rotatable bonds is 25. The first-order valence-corrected chi connectivity index (χ1v) is 40.1. The van der Waals surface area contributed by atoms with Crippen molar-refractivity contribution in [2.24, 2.45) is 36.1 Å². The number of nitrogens with two attached hydrogens (primary N) is 3. The van der Waals surface area contributed by atoms with Crippen molar-refractivity contribution >= 4 is 150 Å². The molecule has 1 saturated heterocycles. The zero-order valence-corrected chi connectivity index (χ0v) is 68.1. The second kappa shape index (κ2) is 47.0. The lowest BCUT2D eigenvalue weighted by Crippen LogP contribution is -2.61. The molecule has 5 aromatic rings. The standard InChI is InChI=1S/C72H102N22O18S2.C2H4O2/c1-9-35(4)58(83-38(7)96)71(112)91-52-32-114-113-31-51(69(110)93-59(37(6)95)60(74)101)90-63(104)45(18-14-22-78-72(75)76)84-66(107)49(25-41-28-77-33-81-41)86-61(102)36(5)82-55(98)29-80-62(103)47(23-39-27-79-44-17-12-10-15-42(39)44)87-67(108)50(26-56(99)100)88-64(105)46(20-21-54(73)97)85-65(106)48(89-70(111)57(34(2)3)92-68(52)109)24-40-30-94(8)53-19-13-11-16-43(40)53;1-2(3)4/h10-13,15-17,19,27-28,30,33-37,45-52,57-59,79,95H,9,14,18,20-26,29,31-32H2,1-8H3,(H2,73,97)(H2,74,101)(H,77,81)(H,80,103)(H,82,98)(H,83,96)(H,84,107)(H,85,106)(H,86,102)(H,87,108)(H,88,105)(H,89,111)(H,90,104)(H,91,112)(H,92,109)(H,93,110)(H,99,100)(H4,75,76,78);1H3,(H,3,4)/t35-,36-,37+,45-,46-,47-,48-,49-,50-,51-,52-,57-,58-,59-;/m0./s1. The monoisotopic (exact) mass is 1690 g/mol. The van der Waals surface area contributed by atoms with Crippen LogP contribution in [0, 0.1) is 17.2 Å². The molecule has 1 fully saturated rings. The molecule has 44 heteroatoms. The Morgan fingerprint density at radius 2 is 1.20 bits per heavy atom. The SMILES string of the molecule is CC(=O)O.CC[C@H](C)[C@H](NC(C)=O)C(=O)N[C@H]1CSSC[C@@H](C(=O)N[C@H](C(N)=O)[C@@H](C)O)NC(=O)[C@H](CCCNC(=N)N)NC(=O)[C@H](Cc2cnc[nH]2)NC(=O)[C@H](C)NC(=O)CNC(=O)[C@H](Cc2c[nH]c3ccccc23)NC(=O)[C@H](CC(=O)O)NC(=O)[C@H](CCC(N)=O)NC(=O)[C@H](Cc2cn(C)c3ccccc23)NC(=O)[C@H](C(C)C)NC1=O. The maximum atomic E-state index is 15.2. The first-order chi connectivity index (χ1) is 55.7. The molecule has 0 saturated carbocycles. The largest absolute Gasteiger partial charge is 0.481 e. The van der Waals surface area contributed by atoms with Crippen LogP contribution in [0.1, 0.15) is 111 Å². The summed E-state index contributed by atoms with van der Waals surface area (Å²) in [6, 6.07) is -6.09. The van der Waals surface area contributed by atoms with Crippen LogP contribution in [0.5, 0.6) is 0 Å². The molecule has 4 heterocycles. The highest BCUT2D eigenvalue weighted by molar-refractivity contribution is 8.76. The number of aromatic nitrogens is 4. The summed E-state index contributed by atoms with van der Waals surface area (Å²) in [5.74, 6) is -20.7. The van der Waals surface area contributed by atoms with Gasteiger partial charge in [-0.15, -0.1) is 0 Å². The number of aliphatic carboxylic acids is 2. The summed E-state index contributed by atoms with van der Waals surface area (Å²) in [5, 5.41) is 72.5. The number of guanidine groups is 1. The van der Waals surface area contributed by atoms with Crippen LogP contribution in [0.25, 0.3) is 21.8 Å². The molecule has 0 aliphatic carbocycles. The van der Waals surface area contributed by atoms with Gasteiger partial charge in [-0.05, 0) is 68.2 Å². The highest BCUT2D eigenvalue weighted by atomic mass is 33.1. The molecule has 1 aliphatic heterocycles. The summed E-state index contributed by atoms with van der Waals surface area (Å²) in [6.45, 7) is 10.2. The number of aliphatic hydroxyl groups excluding tert-OH is 1. The number of para-hydroxylation sites is 2. The number of amides is 15. The minimum atomic E-state index is -2.06. The van der Waals surface area contributed by atoms with E-state index in [1.54, 1.807) is 80.2 Å². The Morgan fingerprint density at radius 3 is 1.81 bits per heavy atom. The van der Waals surface area contributed by atoms with Crippen molar-refractivity contribution < 1.29 is 96.8 Å². The molecule has 2 aromatic carbocycles. The minimum Gasteiger partial charge on any atom is -0.481 e. The number of carboxylic acid groups (broad SMARTS) is 2. The van der Waals surface area contributed by atoms with Crippen molar-refractivity contribution in [2.75, 3.05) is 24.6 Å². The van der Waals surface area contributed by atoms with Crippen molar-refractivity contribution in [3.63, 3.8) is 0 Å². The van der Waals surface area contributed by atoms with Crippen molar-refractivity contribution in [1.82, 2.24) is 94.0 Å². The first-order valence-electron chi connectivity index (χ1n) is 37.6. The number of primary amides is 2. The molecule has 644 valence electrons. The topological polar surface area (TPSA) is 671 Å². The molecule has 26 N–H and O–H groups in total. The number of nitrogens with one attached hydrogen (secondary N) is 17. The molecule has 3 aromatic heterocycles. The Kier molecular flexibility index (Phi) is 38.3. The molecule has 0 radical (unpaired) electrons. The first kappa shape index (κ1) is 96.2. The lowest BCUT2D eigenvalue weighted by molar-refractivity contribution is -0.141. The van der Waals surface area contributed by atoms with E-state index in [1.165, 1.54) is 46.4 Å². The number of carboxylic acids is 2. The summed E-state index contributed by atoms with van der Waals surface area (Å²) >= 11 is 0. The Bertz CT molecular complexity index is 4420. The number of fused-ring (bicyclic) bond motifs is 2. The summed E-state index contributed by atoms with van der Waals surface area (Å²) in [7, 11) is 3.37. The fourth-order valence-electron chi connectivity index (χ4n) is 12.1. The van der Waals surface area contributed by atoms with Gasteiger partial charge in [-0.3, -0.25) is 86.9 Å². The molecule has 15 amide bonds. The summed E-state index contributed by atoms with van der Waals surface area (Å²) in [4.78, 5) is 245. The van der Waals surface area contributed by atoms with E-state index in [0.717, 1.165) is 35.4 Å². The van der Waals surface area contributed by atoms with Crippen LogP contribution in [0.4, 0.5) is 0 Å². The smallest absolute Gasteiger partial charge is 0.305 e. The Hall–Kier alpha value is -12.4. The second-order valence-corrected chi connectivity index (χ2v) is 31.0. The number of aryl methyl sites for hydroxylation is 1. The van der Waals surface area contributed by atoms with E-state index in [9.17, 15) is 72.5 Å². The average Bonchev–Trinajstić information content (AvgIpc) is 1.65. The number of carbonyl (C=O) groups excluding carboxylic acids is 15. The maximum Gasteiger partial charge on any atom is 0.305 e. The average molecular weight is 1690 g/mol. The fraction of sp³-hybridized carbons (Fsp3) is 0.500. The molecule has 1 aliphatic rings. The second-order valence-electron chi connectivity index (χ2n) is 28.4. The van der Waals surface area contributed by atoms with E-state index in [0.29, 0.717) is 39.4 Å². The molecule has 0 unspecified atom stereocenters. The van der Waals surface area contributed by atoms with E-state index >= 15 is 14.4 Å². The van der Waals surface area contributed by atoms with Gasteiger partial charge in [0, 0.05) is 111 Å². The van der Waals surface area contributed by atoms with E-state index in [1.807, 2.05) is 0 Å². The molecular weight excluding hydrogens is 1580 g/mol. The third kappa shape index (κ3) is 31.0. The van der Waals surface area contributed by atoms with Gasteiger partial charge >= 0.3 is 5.97 Å². The molecule has 0 spiro atoms. The highest BCUT2D eigenvalue weighted by Gasteiger charge is 2.39. The molecule has 118 heavy (non-hydrogen) atoms. The third-order valence-electron chi connectivity index (χ3n) is 18.5. The van der Waals surface area contributed by atoms with Crippen LogP contribution in [0.15, 0.2) is 73.4 Å². The number of hydrogen-bond donors (Lipinski definition) is 23. The van der Waals surface area contributed by atoms with Gasteiger partial charge in [0.15, 0.2) is 5.96 Å². The van der Waals surface area contributed by atoms with Crippen LogP contribution < -0.4 is 91.6 Å². The number of nitrogens with zero attached hydrogens (tertiary/aromatic N) is 2. The van der Waals surface area contributed by atoms with Crippen molar-refractivity contribution in [3.8, 4) is 0 Å². The zero-order chi connectivity index (χ0) is 87.8. The molecule has 42 nitrogen and oxygen atoms in total. The van der Waals surface area contributed by atoms with Crippen LogP contribution in [-0.4, -0.2) is 245 Å². The highest BCUT2D eigenvalue weighted by Crippen LogP contribution is 2.26. The number of aromatic amines is 2. The van der Waals surface area contributed by atoms with E-state index in [2.05, 4.69) is 89.4 Å². The molecule has 14 atom stereocenters. The van der Waals surface area contributed by atoms with Crippen LogP contribution in [-0.2, 0) is 108 Å². The maximum absolute atomic E-state index is 15.2. The van der Waals surface area contributed by atoms with Crippen LogP contribution >= 0.6 is 21.6 Å². The van der Waals surface area contributed by atoms with Gasteiger partial charge in [-0.2, -0.15) is 0 Å². The van der Waals surface area contributed by atoms with E-state index < -0.39 is 234 Å². The number of aliphatic hydroxyl groups is 1. The number of carbonyl (C=O) groups is 17. The van der Waals surface area contributed by atoms with Crippen LogP contribution in [0.3, 0.4) is 0 Å². The van der Waals surface area contributed by atoms with E-state index in [-0.39, 0.29) is 44.3 Å². The Balaban J connectivity index is 0.00000605. The summed E-state index contributed by atoms with van der Waals surface area (Å²) in [6.07, 6.45) is 0.938. The Labute approximate surface area is 685 Å². The predicted octanol–water partition coefficient (Wildman–Crippen LogP) is -4.56. The zero-order valence-electron chi connectivity index (χ0n) is 66.5. The molecular formula is C74H106N22O20S2. The molecule has 6 rings (SSSR count). The van der Waals surface area contributed by atoms with Gasteiger partial charge in [-0.25, -0.2) is 4.98 Å². The normalized spacial score (nSPS) is 22.0. The number of H-pyrrole nitrogens is 2. The fourth-order valence-corrected chi connectivity index (χ4v) is 14.5. The van der Waals surface area contributed by atoms with Crippen molar-refractivity contribution in [1.29, 1.82) is 5.41 Å². The minimum absolute atomic E-state index is 0.00256. The Morgan fingerprint density at radius 1 is 0.644 bits per heavy atom. The van der Waals surface area contributed by atoms with Gasteiger partial charge in [0.1, 0.15) is 72.5 Å². The number of benzene rings is 2. The van der Waals surface area contributed by atoms with Gasteiger partial charge in [0.2, 0.25) is 88.6 Å². The quantitative estimate of drug-likeness (QED) is 0.0113. The lowest BCUT2D eigenvalue weighted by atomic mass is 9.97. The summed E-state index contributed by atoms with van der Waals surface area (Å²) < 4.78 is 1.74. The van der Waals surface area contributed by atoms with Crippen molar-refractivity contribution in [2.45, 2.75) is 192 Å².